The van der Waals surface area contributed by atoms with Gasteiger partial charge in [0.05, 0.1) is 7.11 Å². The molecule has 0 unspecified atom stereocenters. The minimum atomic E-state index is 0. The molecule has 1 aromatic rings. The Bertz CT molecular complexity index is 465. The molecule has 1 saturated carbocycles. The van der Waals surface area contributed by atoms with Crippen LogP contribution in [0.3, 0.4) is 0 Å². The molecule has 6 heteroatoms. The number of halogens is 3. The molecule has 1 heterocycles. The molecule has 1 aliphatic carbocycles. The zero-order valence-corrected chi connectivity index (χ0v) is 16.1. The molecule has 1 N–H and O–H groups in total. The summed E-state index contributed by atoms with van der Waals surface area (Å²) in [5, 5.41) is 3.45. The van der Waals surface area contributed by atoms with Gasteiger partial charge < -0.3 is 10.1 Å². The van der Waals surface area contributed by atoms with Crippen molar-refractivity contribution in [2.75, 3.05) is 33.3 Å². The molecule has 0 aromatic heterocycles. The number of piperazine rings is 1. The Morgan fingerprint density at radius 3 is 2.55 bits per heavy atom. The Kier molecular flexibility index (Phi) is 8.50. The van der Waals surface area contributed by atoms with Crippen molar-refractivity contribution in [3.05, 3.63) is 28.2 Å². The van der Waals surface area contributed by atoms with Crippen LogP contribution in [0.25, 0.3) is 0 Å². The fourth-order valence-electron chi connectivity index (χ4n) is 3.10. The number of ether oxygens (including phenoxy) is 1. The van der Waals surface area contributed by atoms with Gasteiger partial charge in [-0.25, -0.2) is 0 Å². The summed E-state index contributed by atoms with van der Waals surface area (Å²) in [7, 11) is 1.78. The highest BCUT2D eigenvalue weighted by Crippen LogP contribution is 2.43. The van der Waals surface area contributed by atoms with Crippen LogP contribution in [0, 0.1) is 5.92 Å². The van der Waals surface area contributed by atoms with E-state index < -0.39 is 0 Å². The zero-order valence-electron chi connectivity index (χ0n) is 12.9. The normalized spacial score (nSPS) is 19.7. The average molecular weight is 412 g/mol. The smallest absolute Gasteiger partial charge is 0.123 e. The van der Waals surface area contributed by atoms with Gasteiger partial charge in [-0.15, -0.1) is 24.8 Å². The number of nitrogens with zero attached hydrogens (tertiary/aromatic N) is 1. The molecule has 1 aliphatic heterocycles. The highest BCUT2D eigenvalue weighted by molar-refractivity contribution is 9.10. The van der Waals surface area contributed by atoms with E-state index in [-0.39, 0.29) is 24.8 Å². The third-order valence-electron chi connectivity index (χ3n) is 4.40. The Balaban J connectivity index is 0.00000121. The Morgan fingerprint density at radius 2 is 1.95 bits per heavy atom. The maximum atomic E-state index is 5.61. The largest absolute Gasteiger partial charge is 0.496 e. The van der Waals surface area contributed by atoms with Crippen LogP contribution in [0.4, 0.5) is 0 Å². The van der Waals surface area contributed by atoms with E-state index >= 15 is 0 Å². The summed E-state index contributed by atoms with van der Waals surface area (Å²) in [5.41, 5.74) is 1.34. The molecular weight excluding hydrogens is 387 g/mol. The van der Waals surface area contributed by atoms with Crippen molar-refractivity contribution in [3.8, 4) is 5.75 Å². The maximum absolute atomic E-state index is 5.61. The molecule has 0 bridgehead atoms. The predicted octanol–water partition coefficient (Wildman–Crippen LogP) is 4.05. The van der Waals surface area contributed by atoms with Crippen LogP contribution in [-0.4, -0.2) is 38.2 Å². The van der Waals surface area contributed by atoms with Crippen molar-refractivity contribution in [1.82, 2.24) is 10.2 Å². The highest BCUT2D eigenvalue weighted by atomic mass is 79.9. The van der Waals surface area contributed by atoms with Crippen LogP contribution in [0.15, 0.2) is 22.7 Å². The van der Waals surface area contributed by atoms with Crippen LogP contribution in [0.1, 0.15) is 30.9 Å². The van der Waals surface area contributed by atoms with Gasteiger partial charge in [0.2, 0.25) is 0 Å². The zero-order chi connectivity index (χ0) is 13.9. The van der Waals surface area contributed by atoms with E-state index in [1.165, 1.54) is 24.8 Å². The lowest BCUT2D eigenvalue weighted by Crippen LogP contribution is -2.45. The van der Waals surface area contributed by atoms with E-state index in [9.17, 15) is 0 Å². The topological polar surface area (TPSA) is 24.5 Å². The quantitative estimate of drug-likeness (QED) is 0.790. The monoisotopic (exact) mass is 410 g/mol. The van der Waals surface area contributed by atoms with E-state index in [2.05, 4.69) is 44.3 Å². The first-order valence-electron chi connectivity index (χ1n) is 7.56. The minimum Gasteiger partial charge on any atom is -0.496 e. The fourth-order valence-corrected chi connectivity index (χ4v) is 3.48. The second-order valence-electron chi connectivity index (χ2n) is 5.87. The van der Waals surface area contributed by atoms with E-state index in [0.29, 0.717) is 6.04 Å². The van der Waals surface area contributed by atoms with Gasteiger partial charge in [-0.2, -0.15) is 0 Å². The molecule has 0 spiro atoms. The first kappa shape index (κ1) is 20.0. The molecule has 3 nitrogen and oxygen atoms in total. The summed E-state index contributed by atoms with van der Waals surface area (Å²) in [5.74, 6) is 1.94. The molecule has 0 amide bonds. The molecule has 1 aromatic carbocycles. The Morgan fingerprint density at radius 1 is 1.27 bits per heavy atom. The molecule has 1 atom stereocenters. The van der Waals surface area contributed by atoms with Crippen LogP contribution >= 0.6 is 40.7 Å². The lowest BCUT2D eigenvalue weighted by atomic mass is 9.97. The number of nitrogens with one attached hydrogen (secondary N) is 1. The standard InChI is InChI=1S/C16H23BrN2O.2ClH/c1-20-16-5-4-13(17)11-14(16)15(10-12-2-3-12)19-8-6-18-7-9-19;;/h4-5,11-12,15,18H,2-3,6-10H2,1H3;2*1H/t15-;;/m0../s1. The van der Waals surface area contributed by atoms with Gasteiger partial charge >= 0.3 is 0 Å². The second-order valence-corrected chi connectivity index (χ2v) is 6.78. The van der Waals surface area contributed by atoms with Crippen molar-refractivity contribution in [2.24, 2.45) is 5.92 Å². The molecule has 3 rings (SSSR count). The first-order valence-corrected chi connectivity index (χ1v) is 8.35. The SMILES string of the molecule is COc1ccc(Br)cc1[C@H](CC1CC1)N1CCNCC1.Cl.Cl. The molecule has 2 aliphatic rings. The van der Waals surface area contributed by atoms with Gasteiger partial charge in [0, 0.05) is 42.3 Å². The predicted molar refractivity (Wildman–Crippen MR) is 99.7 cm³/mol. The van der Waals surface area contributed by atoms with Crippen LogP contribution in [-0.2, 0) is 0 Å². The molecule has 2 fully saturated rings. The summed E-state index contributed by atoms with van der Waals surface area (Å²) in [6.07, 6.45) is 4.07. The maximum Gasteiger partial charge on any atom is 0.123 e. The first-order chi connectivity index (χ1) is 9.78. The molecule has 0 radical (unpaired) electrons. The summed E-state index contributed by atoms with van der Waals surface area (Å²) < 4.78 is 6.75. The van der Waals surface area contributed by atoms with Crippen molar-refractivity contribution >= 4 is 40.7 Å². The van der Waals surface area contributed by atoms with E-state index in [4.69, 9.17) is 4.74 Å². The number of benzene rings is 1. The van der Waals surface area contributed by atoms with Gasteiger partial charge in [0.1, 0.15) is 5.75 Å². The van der Waals surface area contributed by atoms with Gasteiger partial charge in [-0.05, 0) is 30.5 Å². The second kappa shape index (κ2) is 9.33. The number of rotatable bonds is 5. The van der Waals surface area contributed by atoms with Crippen molar-refractivity contribution in [3.63, 3.8) is 0 Å². The van der Waals surface area contributed by atoms with Crippen molar-refractivity contribution < 1.29 is 4.74 Å². The van der Waals surface area contributed by atoms with Gasteiger partial charge in [-0.1, -0.05) is 28.8 Å². The van der Waals surface area contributed by atoms with Crippen molar-refractivity contribution in [1.29, 1.82) is 0 Å². The Labute approximate surface area is 154 Å². The van der Waals surface area contributed by atoms with E-state index in [1.807, 2.05) is 0 Å². The highest BCUT2D eigenvalue weighted by Gasteiger charge is 2.31. The summed E-state index contributed by atoms with van der Waals surface area (Å²) in [6, 6.07) is 6.89. The summed E-state index contributed by atoms with van der Waals surface area (Å²) >= 11 is 3.61. The van der Waals surface area contributed by atoms with Crippen LogP contribution in [0.5, 0.6) is 5.75 Å². The fraction of sp³-hybridized carbons (Fsp3) is 0.625. The van der Waals surface area contributed by atoms with Crippen LogP contribution in [0.2, 0.25) is 0 Å². The molecule has 126 valence electrons. The molecule has 1 saturated heterocycles. The minimum absolute atomic E-state index is 0. The number of hydrogen-bond acceptors (Lipinski definition) is 3. The van der Waals surface area contributed by atoms with Crippen LogP contribution < -0.4 is 10.1 Å². The lowest BCUT2D eigenvalue weighted by Gasteiger charge is -2.36. The van der Waals surface area contributed by atoms with E-state index in [1.54, 1.807) is 7.11 Å². The van der Waals surface area contributed by atoms with Gasteiger partial charge in [0.25, 0.3) is 0 Å². The summed E-state index contributed by atoms with van der Waals surface area (Å²) in [4.78, 5) is 2.62. The average Bonchev–Trinajstić information content (AvgIpc) is 3.30. The third-order valence-corrected chi connectivity index (χ3v) is 4.89. The van der Waals surface area contributed by atoms with Gasteiger partial charge in [0.15, 0.2) is 0 Å². The number of methoxy groups -OCH3 is 1. The number of hydrogen-bond donors (Lipinski definition) is 1. The molecular formula is C16H25BrCl2N2O. The summed E-state index contributed by atoms with van der Waals surface area (Å²) in [6.45, 7) is 4.45. The lowest BCUT2D eigenvalue weighted by molar-refractivity contribution is 0.158. The van der Waals surface area contributed by atoms with E-state index in [0.717, 1.165) is 42.3 Å². The van der Waals surface area contributed by atoms with Gasteiger partial charge in [-0.3, -0.25) is 4.90 Å². The Hall–Kier alpha value is -0.000000000000000222. The molecule has 22 heavy (non-hydrogen) atoms. The third kappa shape index (κ3) is 5.00. The van der Waals surface area contributed by atoms with Crippen molar-refractivity contribution in [2.45, 2.75) is 25.3 Å².